The zero-order valence-electron chi connectivity index (χ0n) is 29.1. The summed E-state index contributed by atoms with van der Waals surface area (Å²) >= 11 is 0. The minimum atomic E-state index is -4.44. The van der Waals surface area contributed by atoms with Crippen LogP contribution >= 0.6 is 0 Å². The lowest BCUT2D eigenvalue weighted by atomic mass is 9.91. The maximum atomic E-state index is 14.2. The van der Waals surface area contributed by atoms with Crippen molar-refractivity contribution >= 4 is 50.6 Å². The van der Waals surface area contributed by atoms with Crippen molar-refractivity contribution in [3.8, 4) is 6.07 Å². The molecule has 4 amide bonds. The highest BCUT2D eigenvalue weighted by molar-refractivity contribution is 7.90. The molecule has 3 aromatic rings. The number of ether oxygens (including phenoxy) is 2. The first-order chi connectivity index (χ1) is 23.3. The zero-order valence-corrected chi connectivity index (χ0v) is 29.9. The lowest BCUT2D eigenvalue weighted by Gasteiger charge is -2.30. The summed E-state index contributed by atoms with van der Waals surface area (Å²) in [6.45, 7) is 10.5. The first kappa shape index (κ1) is 37.7. The molecule has 0 spiro atoms. The second-order valence-electron chi connectivity index (χ2n) is 14.1. The van der Waals surface area contributed by atoms with Crippen LogP contribution in [0.25, 0.3) is 10.9 Å². The Morgan fingerprint density at radius 3 is 2.10 bits per heavy atom. The van der Waals surface area contributed by atoms with Gasteiger partial charge in [-0.2, -0.15) is 5.26 Å². The van der Waals surface area contributed by atoms with Crippen LogP contribution in [0.5, 0.6) is 0 Å². The Morgan fingerprint density at radius 2 is 1.48 bits per heavy atom. The van der Waals surface area contributed by atoms with E-state index in [1.165, 1.54) is 42.5 Å². The third kappa shape index (κ3) is 10.2. The minimum absolute atomic E-state index is 0.00427. The topological polar surface area (TPSA) is 198 Å². The Labute approximate surface area is 291 Å². The van der Waals surface area contributed by atoms with E-state index in [1.807, 2.05) is 6.07 Å². The summed E-state index contributed by atoms with van der Waals surface area (Å²) in [5, 5.41) is 20.9. The minimum Gasteiger partial charge on any atom is -0.444 e. The largest absolute Gasteiger partial charge is 0.444 e. The average Bonchev–Trinajstić information content (AvgIpc) is 3.40. The van der Waals surface area contributed by atoms with Gasteiger partial charge in [-0.05, 0) is 104 Å². The van der Waals surface area contributed by atoms with E-state index in [1.54, 1.807) is 47.6 Å². The molecule has 1 saturated carbocycles. The molecule has 0 saturated heterocycles. The van der Waals surface area contributed by atoms with Gasteiger partial charge in [-0.15, -0.1) is 0 Å². The molecule has 0 radical (unpaired) electrons. The van der Waals surface area contributed by atoms with Gasteiger partial charge < -0.3 is 30.7 Å². The fourth-order valence-electron chi connectivity index (χ4n) is 5.43. The third-order valence-electron chi connectivity index (χ3n) is 7.58. The van der Waals surface area contributed by atoms with Gasteiger partial charge in [0.25, 0.3) is 15.9 Å². The number of alkyl carbamates (subject to hydrolysis) is 2. The molecule has 268 valence electrons. The van der Waals surface area contributed by atoms with Crippen LogP contribution in [-0.2, 0) is 24.3 Å². The van der Waals surface area contributed by atoms with Gasteiger partial charge in [0.2, 0.25) is 5.91 Å². The molecule has 2 aromatic carbocycles. The van der Waals surface area contributed by atoms with Crippen LogP contribution in [0.4, 0.5) is 15.3 Å². The predicted molar refractivity (Wildman–Crippen MR) is 186 cm³/mol. The molecule has 1 aliphatic rings. The fourth-order valence-corrected chi connectivity index (χ4v) is 6.98. The molecule has 15 heteroatoms. The molecule has 0 bridgehead atoms. The van der Waals surface area contributed by atoms with Crippen molar-refractivity contribution in [3.05, 3.63) is 59.8 Å². The summed E-state index contributed by atoms with van der Waals surface area (Å²) in [7, 11) is -4.44. The summed E-state index contributed by atoms with van der Waals surface area (Å²) in [6.07, 6.45) is 1.01. The van der Waals surface area contributed by atoms with Crippen molar-refractivity contribution < 1.29 is 37.1 Å². The summed E-state index contributed by atoms with van der Waals surface area (Å²) in [5.74, 6) is -1.09. The van der Waals surface area contributed by atoms with E-state index in [-0.39, 0.29) is 52.4 Å². The number of anilines is 1. The van der Waals surface area contributed by atoms with E-state index in [2.05, 4.69) is 21.3 Å². The Hall–Kier alpha value is -5.10. The van der Waals surface area contributed by atoms with Crippen LogP contribution < -0.4 is 21.3 Å². The Bertz CT molecular complexity index is 1910. The van der Waals surface area contributed by atoms with Gasteiger partial charge in [0.05, 0.1) is 22.0 Å². The van der Waals surface area contributed by atoms with Gasteiger partial charge in [0.1, 0.15) is 16.9 Å². The summed E-state index contributed by atoms with van der Waals surface area (Å²) in [6, 6.07) is 13.2. The lowest BCUT2D eigenvalue weighted by Crippen LogP contribution is -2.45. The van der Waals surface area contributed by atoms with Crippen molar-refractivity contribution in [2.24, 2.45) is 0 Å². The summed E-state index contributed by atoms with van der Waals surface area (Å²) < 4.78 is 39.9. The second kappa shape index (κ2) is 15.2. The summed E-state index contributed by atoms with van der Waals surface area (Å²) in [4.78, 5) is 50.2. The molecule has 1 aromatic heterocycles. The smallest absolute Gasteiger partial charge is 0.407 e. The molecule has 0 unspecified atom stereocenters. The van der Waals surface area contributed by atoms with Crippen LogP contribution in [0.3, 0.4) is 0 Å². The van der Waals surface area contributed by atoms with E-state index >= 15 is 0 Å². The van der Waals surface area contributed by atoms with Crippen molar-refractivity contribution in [2.45, 2.75) is 102 Å². The maximum Gasteiger partial charge on any atom is 0.407 e. The zero-order chi connectivity index (χ0) is 36.9. The Balaban J connectivity index is 1.51. The van der Waals surface area contributed by atoms with Crippen LogP contribution in [0.15, 0.2) is 53.4 Å². The number of benzene rings is 2. The van der Waals surface area contributed by atoms with Crippen LogP contribution in [0.2, 0.25) is 0 Å². The van der Waals surface area contributed by atoms with E-state index in [4.69, 9.17) is 9.47 Å². The molecule has 4 N–H and O–H groups in total. The SMILES string of the molecule is CC(C)(C)OC(=O)NCCC(=O)Nc1cccc(S(=O)(=O)n2c(C(=O)N[C@H]3CC[C@H](NC(=O)OC(C)(C)C)CC3)cc3ccc(C#N)cc32)c1. The number of nitrogens with zero attached hydrogens (tertiary/aromatic N) is 2. The quantitative estimate of drug-likeness (QED) is 0.232. The molecule has 1 aliphatic carbocycles. The number of nitrogens with one attached hydrogen (secondary N) is 4. The van der Waals surface area contributed by atoms with E-state index in [9.17, 15) is 32.9 Å². The Morgan fingerprint density at radius 1 is 0.860 bits per heavy atom. The number of hydrogen-bond donors (Lipinski definition) is 4. The van der Waals surface area contributed by atoms with Gasteiger partial charge >= 0.3 is 12.2 Å². The molecule has 0 aliphatic heterocycles. The van der Waals surface area contributed by atoms with E-state index < -0.39 is 45.2 Å². The molecular formula is C35H44N6O8S. The molecule has 0 atom stereocenters. The van der Waals surface area contributed by atoms with Crippen molar-refractivity contribution in [1.29, 1.82) is 5.26 Å². The molecule has 1 fully saturated rings. The van der Waals surface area contributed by atoms with E-state index in [0.717, 1.165) is 3.97 Å². The molecule has 1 heterocycles. The molecule has 50 heavy (non-hydrogen) atoms. The van der Waals surface area contributed by atoms with Gasteiger partial charge in [-0.25, -0.2) is 22.0 Å². The van der Waals surface area contributed by atoms with Crippen LogP contribution in [-0.4, -0.2) is 66.2 Å². The monoisotopic (exact) mass is 708 g/mol. The number of rotatable bonds is 9. The van der Waals surface area contributed by atoms with Crippen molar-refractivity contribution in [3.63, 3.8) is 0 Å². The highest BCUT2D eigenvalue weighted by atomic mass is 32.2. The standard InChI is InChI=1S/C35H44N6O8S/c1-34(2,3)48-32(44)37-17-16-30(42)38-26-8-7-9-27(20-26)50(46,47)41-28-18-22(21-36)10-11-23(28)19-29(41)31(43)39-24-12-14-25(15-13-24)40-33(45)49-35(4,5)6/h7-11,18-20,24-25H,12-17H2,1-6H3,(H,37,44)(H,38,42)(H,39,43)(H,40,45)/t24-,25-. The Kier molecular flexibility index (Phi) is 11.5. The number of fused-ring (bicyclic) bond motifs is 1. The molecule has 14 nitrogen and oxygen atoms in total. The molecular weight excluding hydrogens is 664 g/mol. The van der Waals surface area contributed by atoms with Gasteiger partial charge in [0.15, 0.2) is 0 Å². The van der Waals surface area contributed by atoms with Gasteiger partial charge in [-0.1, -0.05) is 12.1 Å². The number of hydrogen-bond acceptors (Lipinski definition) is 9. The van der Waals surface area contributed by atoms with Crippen molar-refractivity contribution in [1.82, 2.24) is 19.9 Å². The van der Waals surface area contributed by atoms with Crippen LogP contribution in [0, 0.1) is 11.3 Å². The maximum absolute atomic E-state index is 14.2. The van der Waals surface area contributed by atoms with Gasteiger partial charge in [0, 0.05) is 36.1 Å². The highest BCUT2D eigenvalue weighted by Gasteiger charge is 2.30. The first-order valence-corrected chi connectivity index (χ1v) is 17.8. The number of amides is 4. The molecule has 4 rings (SSSR count). The highest BCUT2D eigenvalue weighted by Crippen LogP contribution is 2.29. The number of aromatic nitrogens is 1. The number of carbonyl (C=O) groups is 4. The lowest BCUT2D eigenvalue weighted by molar-refractivity contribution is -0.116. The third-order valence-corrected chi connectivity index (χ3v) is 9.31. The second-order valence-corrected chi connectivity index (χ2v) is 15.9. The normalized spacial score (nSPS) is 16.5. The summed E-state index contributed by atoms with van der Waals surface area (Å²) in [5.41, 5.74) is -0.934. The predicted octanol–water partition coefficient (Wildman–Crippen LogP) is 5.17. The first-order valence-electron chi connectivity index (χ1n) is 16.3. The number of nitriles is 1. The average molecular weight is 709 g/mol. The van der Waals surface area contributed by atoms with E-state index in [0.29, 0.717) is 31.1 Å². The van der Waals surface area contributed by atoms with Crippen molar-refractivity contribution in [2.75, 3.05) is 11.9 Å². The number of carbonyl (C=O) groups excluding carboxylic acids is 4. The fraction of sp³-hybridized carbons (Fsp3) is 0.457. The van der Waals surface area contributed by atoms with Gasteiger partial charge in [-0.3, -0.25) is 9.59 Å². The van der Waals surface area contributed by atoms with Crippen LogP contribution in [0.1, 0.15) is 89.7 Å².